The minimum atomic E-state index is -0.0397. The van der Waals surface area contributed by atoms with Crippen LogP contribution in [0.5, 0.6) is 0 Å². The van der Waals surface area contributed by atoms with E-state index in [4.69, 9.17) is 0 Å². The highest BCUT2D eigenvalue weighted by Crippen LogP contribution is 2.72. The predicted molar refractivity (Wildman–Crippen MR) is 66.1 cm³/mol. The van der Waals surface area contributed by atoms with Gasteiger partial charge in [-0.3, -0.25) is 0 Å². The van der Waals surface area contributed by atoms with Crippen LogP contribution in [0.2, 0.25) is 0 Å². The first-order chi connectivity index (χ1) is 7.31. The Morgan fingerprint density at radius 3 is 2.12 bits per heavy atom. The highest BCUT2D eigenvalue weighted by molar-refractivity contribution is 5.15. The largest absolute Gasteiger partial charge is 0.393 e. The maximum absolute atomic E-state index is 10.3. The molecule has 0 bridgehead atoms. The number of hydrogen-bond acceptors (Lipinski definition) is 1. The summed E-state index contributed by atoms with van der Waals surface area (Å²) in [6, 6.07) is 0. The van der Waals surface area contributed by atoms with Gasteiger partial charge in [0.25, 0.3) is 0 Å². The summed E-state index contributed by atoms with van der Waals surface area (Å²) in [6.07, 6.45) is 6.23. The van der Waals surface area contributed by atoms with E-state index in [1.54, 1.807) is 0 Å². The molecule has 3 aliphatic rings. The van der Waals surface area contributed by atoms with E-state index in [1.807, 2.05) is 0 Å². The molecular weight excluding hydrogens is 196 g/mol. The summed E-state index contributed by atoms with van der Waals surface area (Å²) >= 11 is 0. The summed E-state index contributed by atoms with van der Waals surface area (Å²) in [5.41, 5.74) is 1.21. The van der Waals surface area contributed by atoms with Gasteiger partial charge in [0.1, 0.15) is 0 Å². The van der Waals surface area contributed by atoms with E-state index in [1.165, 1.54) is 25.7 Å². The fourth-order valence-electron chi connectivity index (χ4n) is 5.44. The van der Waals surface area contributed by atoms with Crippen LogP contribution in [0.15, 0.2) is 0 Å². The lowest BCUT2D eigenvalue weighted by molar-refractivity contribution is -0.184. The lowest BCUT2D eigenvalue weighted by Crippen LogP contribution is -2.60. The van der Waals surface area contributed by atoms with Crippen molar-refractivity contribution in [1.82, 2.24) is 0 Å². The molecule has 1 N–H and O–H groups in total. The van der Waals surface area contributed by atoms with Crippen LogP contribution in [0, 0.1) is 28.1 Å². The fraction of sp³-hybridized carbons (Fsp3) is 1.00. The fourth-order valence-corrected chi connectivity index (χ4v) is 5.44. The van der Waals surface area contributed by atoms with E-state index in [-0.39, 0.29) is 11.5 Å². The predicted octanol–water partition coefficient (Wildman–Crippen LogP) is 3.61. The Labute approximate surface area is 99.6 Å². The highest BCUT2D eigenvalue weighted by Gasteiger charge is 2.66. The summed E-state index contributed by atoms with van der Waals surface area (Å²) in [5, 5.41) is 10.3. The summed E-state index contributed by atoms with van der Waals surface area (Å²) in [7, 11) is 0. The number of fused-ring (bicyclic) bond motifs is 3. The normalized spacial score (nSPS) is 58.7. The minimum absolute atomic E-state index is 0.0397. The second kappa shape index (κ2) is 2.85. The van der Waals surface area contributed by atoms with Gasteiger partial charge in [-0.1, -0.05) is 27.7 Å². The van der Waals surface area contributed by atoms with Crippen LogP contribution >= 0.6 is 0 Å². The van der Waals surface area contributed by atoms with E-state index >= 15 is 0 Å². The number of aliphatic hydroxyl groups excluding tert-OH is 1. The molecule has 3 saturated carbocycles. The molecule has 3 rings (SSSR count). The highest BCUT2D eigenvalue weighted by atomic mass is 16.3. The van der Waals surface area contributed by atoms with E-state index in [0.717, 1.165) is 18.3 Å². The van der Waals surface area contributed by atoms with E-state index in [9.17, 15) is 5.11 Å². The van der Waals surface area contributed by atoms with Crippen molar-refractivity contribution in [3.63, 3.8) is 0 Å². The average molecular weight is 222 g/mol. The van der Waals surface area contributed by atoms with Crippen molar-refractivity contribution in [3.8, 4) is 0 Å². The third-order valence-electron chi connectivity index (χ3n) is 7.01. The van der Waals surface area contributed by atoms with Gasteiger partial charge in [0.05, 0.1) is 6.10 Å². The van der Waals surface area contributed by atoms with Crippen molar-refractivity contribution in [3.05, 3.63) is 0 Å². The Morgan fingerprint density at radius 1 is 0.875 bits per heavy atom. The standard InChI is InChI=1S/C15H26O/c1-13(2)9-11-10(13)5-7-15(4)12(16)6-8-14(11,15)3/h10-12,16H,5-9H2,1-4H3/t10-,11+,12+,14-,15-/m1/s1. The van der Waals surface area contributed by atoms with E-state index in [0.29, 0.717) is 10.8 Å². The molecule has 0 radical (unpaired) electrons. The summed E-state index contributed by atoms with van der Waals surface area (Å²) in [4.78, 5) is 0. The Hall–Kier alpha value is -0.0400. The molecule has 16 heavy (non-hydrogen) atoms. The smallest absolute Gasteiger partial charge is 0.0599 e. The van der Waals surface area contributed by atoms with Crippen LogP contribution < -0.4 is 0 Å². The van der Waals surface area contributed by atoms with Crippen LogP contribution in [-0.2, 0) is 0 Å². The van der Waals surface area contributed by atoms with Crippen LogP contribution in [0.25, 0.3) is 0 Å². The zero-order valence-corrected chi connectivity index (χ0v) is 11.2. The molecule has 0 aliphatic heterocycles. The van der Waals surface area contributed by atoms with Crippen molar-refractivity contribution in [2.75, 3.05) is 0 Å². The molecule has 1 heteroatoms. The topological polar surface area (TPSA) is 20.2 Å². The minimum Gasteiger partial charge on any atom is -0.393 e. The van der Waals surface area contributed by atoms with Gasteiger partial charge in [-0.25, -0.2) is 0 Å². The molecular formula is C15H26O. The van der Waals surface area contributed by atoms with Gasteiger partial charge in [-0.15, -0.1) is 0 Å². The van der Waals surface area contributed by atoms with Crippen LogP contribution in [0.1, 0.15) is 59.8 Å². The Balaban J connectivity index is 1.95. The van der Waals surface area contributed by atoms with Crippen LogP contribution in [0.3, 0.4) is 0 Å². The van der Waals surface area contributed by atoms with Gasteiger partial charge in [-0.05, 0) is 60.2 Å². The van der Waals surface area contributed by atoms with Crippen molar-refractivity contribution in [1.29, 1.82) is 0 Å². The van der Waals surface area contributed by atoms with Crippen molar-refractivity contribution in [2.45, 2.75) is 65.9 Å². The molecule has 0 aromatic heterocycles. The van der Waals surface area contributed by atoms with Crippen LogP contribution in [-0.4, -0.2) is 11.2 Å². The molecule has 92 valence electrons. The third-order valence-corrected chi connectivity index (χ3v) is 7.01. The second-order valence-electron chi connectivity index (χ2n) is 7.83. The van der Waals surface area contributed by atoms with Gasteiger partial charge in [0.15, 0.2) is 0 Å². The Bertz CT molecular complexity index is 321. The first kappa shape index (κ1) is 11.1. The van der Waals surface area contributed by atoms with E-state index in [2.05, 4.69) is 27.7 Å². The second-order valence-corrected chi connectivity index (χ2v) is 7.83. The maximum Gasteiger partial charge on any atom is 0.0599 e. The summed E-state index contributed by atoms with van der Waals surface area (Å²) < 4.78 is 0. The third kappa shape index (κ3) is 1.02. The Morgan fingerprint density at radius 2 is 1.50 bits per heavy atom. The molecule has 1 nitrogen and oxygen atoms in total. The van der Waals surface area contributed by atoms with Gasteiger partial charge >= 0.3 is 0 Å². The number of hydrogen-bond donors (Lipinski definition) is 1. The molecule has 3 fully saturated rings. The van der Waals surface area contributed by atoms with Gasteiger partial charge in [0, 0.05) is 0 Å². The number of aliphatic hydroxyl groups is 1. The first-order valence-corrected chi connectivity index (χ1v) is 6.99. The summed E-state index contributed by atoms with van der Waals surface area (Å²) in [6.45, 7) is 9.69. The Kier molecular flexibility index (Phi) is 1.98. The maximum atomic E-state index is 10.3. The van der Waals surface area contributed by atoms with Gasteiger partial charge in [-0.2, -0.15) is 0 Å². The number of rotatable bonds is 0. The van der Waals surface area contributed by atoms with Gasteiger partial charge < -0.3 is 5.11 Å². The molecule has 0 aromatic carbocycles. The molecule has 3 aliphatic carbocycles. The van der Waals surface area contributed by atoms with E-state index < -0.39 is 0 Å². The quantitative estimate of drug-likeness (QED) is 0.664. The SMILES string of the molecule is CC1(C)C[C@H]2[C@H]1CC[C@]1(C)[C@@H](O)CC[C@]21C. The van der Waals surface area contributed by atoms with Crippen LogP contribution in [0.4, 0.5) is 0 Å². The van der Waals surface area contributed by atoms with Crippen molar-refractivity contribution >= 4 is 0 Å². The molecule has 0 heterocycles. The summed E-state index contributed by atoms with van der Waals surface area (Å²) in [5.74, 6) is 1.81. The molecule has 0 spiro atoms. The van der Waals surface area contributed by atoms with Crippen molar-refractivity contribution < 1.29 is 5.11 Å². The zero-order valence-electron chi connectivity index (χ0n) is 11.2. The first-order valence-electron chi connectivity index (χ1n) is 6.99. The lowest BCUT2D eigenvalue weighted by atomic mass is 9.39. The average Bonchev–Trinajstić information content (AvgIpc) is 2.41. The zero-order chi connectivity index (χ0) is 11.8. The lowest BCUT2D eigenvalue weighted by Gasteiger charge is -2.66. The van der Waals surface area contributed by atoms with Gasteiger partial charge in [0.2, 0.25) is 0 Å². The monoisotopic (exact) mass is 222 g/mol. The molecule has 0 aromatic rings. The molecule has 5 atom stereocenters. The molecule has 0 amide bonds. The molecule has 0 unspecified atom stereocenters. The van der Waals surface area contributed by atoms with Crippen molar-refractivity contribution in [2.24, 2.45) is 28.1 Å². The molecule has 0 saturated heterocycles.